The van der Waals surface area contributed by atoms with Crippen molar-refractivity contribution >= 4 is 17.1 Å². The van der Waals surface area contributed by atoms with Crippen LogP contribution in [0, 0.1) is 0 Å². The number of fused-ring (bicyclic) bond motifs is 1. The van der Waals surface area contributed by atoms with Crippen LogP contribution < -0.4 is 5.32 Å². The first-order valence-corrected chi connectivity index (χ1v) is 6.11. The summed E-state index contributed by atoms with van der Waals surface area (Å²) in [7, 11) is 0. The maximum atomic E-state index is 13.5. The zero-order chi connectivity index (χ0) is 13.4. The number of carboxylic acid groups (broad SMARTS) is 1. The number of hydrogen-bond donors (Lipinski definition) is 2. The summed E-state index contributed by atoms with van der Waals surface area (Å²) in [6.45, 7) is 0.0493. The minimum Gasteiger partial charge on any atom is -0.480 e. The van der Waals surface area contributed by atoms with Crippen LogP contribution in [0.3, 0.4) is 0 Å². The van der Waals surface area contributed by atoms with E-state index in [9.17, 15) is 14.3 Å². The highest BCUT2D eigenvalue weighted by molar-refractivity contribution is 5.76. The summed E-state index contributed by atoms with van der Waals surface area (Å²) >= 11 is 0. The number of nitrogens with zero attached hydrogens (tertiary/aromatic N) is 1. The van der Waals surface area contributed by atoms with E-state index in [1.54, 1.807) is 12.1 Å². The van der Waals surface area contributed by atoms with Gasteiger partial charge in [-0.3, -0.25) is 4.79 Å². The summed E-state index contributed by atoms with van der Waals surface area (Å²) in [4.78, 5) is 15.5. The largest absolute Gasteiger partial charge is 0.480 e. The molecule has 1 aliphatic rings. The standard InChI is InChI=1S/C13H13FN2O3/c14-7-5-8(11(13(17)18)15-6-7)12-16-9-3-1-2-4-10(9)19-12/h1-4,7-8,11,15H,5-6H2,(H,17,18). The lowest BCUT2D eigenvalue weighted by molar-refractivity contribution is -0.141. The van der Waals surface area contributed by atoms with E-state index in [1.165, 1.54) is 0 Å². The molecule has 3 unspecified atom stereocenters. The normalized spacial score (nSPS) is 27.5. The molecule has 19 heavy (non-hydrogen) atoms. The van der Waals surface area contributed by atoms with Crippen LogP contribution in [0.15, 0.2) is 28.7 Å². The van der Waals surface area contributed by atoms with Gasteiger partial charge < -0.3 is 14.8 Å². The number of rotatable bonds is 2. The molecule has 2 heterocycles. The number of piperidine rings is 1. The quantitative estimate of drug-likeness (QED) is 0.863. The molecule has 1 aromatic heterocycles. The monoisotopic (exact) mass is 264 g/mol. The number of hydrogen-bond acceptors (Lipinski definition) is 4. The molecule has 3 rings (SSSR count). The maximum absolute atomic E-state index is 13.5. The minimum absolute atomic E-state index is 0.0493. The number of carboxylic acids is 1. The van der Waals surface area contributed by atoms with E-state index < -0.39 is 24.1 Å². The van der Waals surface area contributed by atoms with Gasteiger partial charge in [-0.25, -0.2) is 9.37 Å². The van der Waals surface area contributed by atoms with Gasteiger partial charge in [-0.15, -0.1) is 0 Å². The fourth-order valence-corrected chi connectivity index (χ4v) is 2.44. The molecular formula is C13H13FN2O3. The van der Waals surface area contributed by atoms with Crippen LogP contribution in [0.4, 0.5) is 4.39 Å². The fourth-order valence-electron chi connectivity index (χ4n) is 2.44. The average Bonchev–Trinajstić information content (AvgIpc) is 2.81. The Morgan fingerprint density at radius 2 is 2.26 bits per heavy atom. The number of carbonyl (C=O) groups is 1. The third-order valence-electron chi connectivity index (χ3n) is 3.36. The van der Waals surface area contributed by atoms with Crippen molar-refractivity contribution in [3.63, 3.8) is 0 Å². The van der Waals surface area contributed by atoms with Gasteiger partial charge in [0.25, 0.3) is 0 Å². The lowest BCUT2D eigenvalue weighted by Gasteiger charge is -2.29. The summed E-state index contributed by atoms with van der Waals surface area (Å²) in [6, 6.07) is 6.30. The van der Waals surface area contributed by atoms with Crippen molar-refractivity contribution in [1.29, 1.82) is 0 Å². The molecule has 1 saturated heterocycles. The minimum atomic E-state index is -1.09. The number of aromatic nitrogens is 1. The van der Waals surface area contributed by atoms with Crippen LogP contribution in [0.5, 0.6) is 0 Å². The summed E-state index contributed by atoms with van der Waals surface area (Å²) in [5.41, 5.74) is 1.24. The van der Waals surface area contributed by atoms with Crippen molar-refractivity contribution in [2.24, 2.45) is 0 Å². The Morgan fingerprint density at radius 3 is 3.00 bits per heavy atom. The van der Waals surface area contributed by atoms with E-state index in [0.717, 1.165) is 0 Å². The Labute approximate surface area is 108 Å². The number of para-hydroxylation sites is 2. The van der Waals surface area contributed by atoms with Crippen LogP contribution >= 0.6 is 0 Å². The van der Waals surface area contributed by atoms with Gasteiger partial charge in [0.2, 0.25) is 5.89 Å². The Hall–Kier alpha value is -1.95. The lowest BCUT2D eigenvalue weighted by atomic mass is 9.90. The van der Waals surface area contributed by atoms with Crippen LogP contribution in [0.25, 0.3) is 11.1 Å². The van der Waals surface area contributed by atoms with E-state index >= 15 is 0 Å². The average molecular weight is 264 g/mol. The molecule has 0 bridgehead atoms. The third-order valence-corrected chi connectivity index (χ3v) is 3.36. The highest BCUT2D eigenvalue weighted by Crippen LogP contribution is 2.31. The van der Waals surface area contributed by atoms with Crippen molar-refractivity contribution in [1.82, 2.24) is 10.3 Å². The van der Waals surface area contributed by atoms with Gasteiger partial charge >= 0.3 is 5.97 Å². The molecule has 6 heteroatoms. The fraction of sp³-hybridized carbons (Fsp3) is 0.385. The molecule has 0 radical (unpaired) electrons. The predicted octanol–water partition coefficient (Wildman–Crippen LogP) is 1.70. The predicted molar refractivity (Wildman–Crippen MR) is 65.7 cm³/mol. The molecular weight excluding hydrogens is 251 g/mol. The zero-order valence-electron chi connectivity index (χ0n) is 10.0. The molecule has 100 valence electrons. The second-order valence-electron chi connectivity index (χ2n) is 4.68. The molecule has 2 aromatic rings. The lowest BCUT2D eigenvalue weighted by Crippen LogP contribution is -2.49. The first-order chi connectivity index (χ1) is 9.15. The van der Waals surface area contributed by atoms with Crippen LogP contribution in [0.2, 0.25) is 0 Å². The third kappa shape index (κ3) is 2.19. The SMILES string of the molecule is O=C(O)C1NCC(F)CC1c1nc2ccccc2o1. The van der Waals surface area contributed by atoms with Gasteiger partial charge in [0.15, 0.2) is 5.58 Å². The Kier molecular flexibility index (Phi) is 2.94. The molecule has 0 amide bonds. The second kappa shape index (κ2) is 4.62. The highest BCUT2D eigenvalue weighted by atomic mass is 19.1. The topological polar surface area (TPSA) is 75.4 Å². The van der Waals surface area contributed by atoms with E-state index in [0.29, 0.717) is 11.1 Å². The van der Waals surface area contributed by atoms with Crippen molar-refractivity contribution in [2.75, 3.05) is 6.54 Å². The van der Waals surface area contributed by atoms with E-state index in [4.69, 9.17) is 4.42 Å². The summed E-state index contributed by atoms with van der Waals surface area (Å²) < 4.78 is 19.0. The smallest absolute Gasteiger partial charge is 0.321 e. The molecule has 1 aliphatic heterocycles. The van der Waals surface area contributed by atoms with Gasteiger partial charge in [-0.2, -0.15) is 0 Å². The van der Waals surface area contributed by atoms with Crippen LogP contribution in [-0.4, -0.2) is 34.8 Å². The number of alkyl halides is 1. The van der Waals surface area contributed by atoms with E-state index in [-0.39, 0.29) is 18.9 Å². The Bertz CT molecular complexity index is 580. The molecule has 1 fully saturated rings. The van der Waals surface area contributed by atoms with Gasteiger partial charge in [0.05, 0.1) is 5.92 Å². The van der Waals surface area contributed by atoms with Gasteiger partial charge in [-0.1, -0.05) is 12.1 Å². The molecule has 5 nitrogen and oxygen atoms in total. The van der Waals surface area contributed by atoms with Gasteiger partial charge in [0, 0.05) is 6.54 Å². The number of aliphatic carboxylic acids is 1. The Balaban J connectivity index is 1.99. The van der Waals surface area contributed by atoms with Gasteiger partial charge in [-0.05, 0) is 18.6 Å². The van der Waals surface area contributed by atoms with Crippen LogP contribution in [0.1, 0.15) is 18.2 Å². The maximum Gasteiger partial charge on any atom is 0.321 e. The molecule has 0 saturated carbocycles. The first-order valence-electron chi connectivity index (χ1n) is 6.11. The zero-order valence-corrected chi connectivity index (χ0v) is 10.0. The number of oxazole rings is 1. The molecule has 1 aromatic carbocycles. The van der Waals surface area contributed by atoms with E-state index in [2.05, 4.69) is 10.3 Å². The van der Waals surface area contributed by atoms with E-state index in [1.807, 2.05) is 12.1 Å². The van der Waals surface area contributed by atoms with Crippen molar-refractivity contribution < 1.29 is 18.7 Å². The summed E-state index contributed by atoms with van der Waals surface area (Å²) in [5.74, 6) is -1.32. The highest BCUT2D eigenvalue weighted by Gasteiger charge is 2.38. The molecule has 2 N–H and O–H groups in total. The second-order valence-corrected chi connectivity index (χ2v) is 4.68. The number of benzene rings is 1. The van der Waals surface area contributed by atoms with Gasteiger partial charge in [0.1, 0.15) is 17.7 Å². The van der Waals surface area contributed by atoms with Crippen molar-refractivity contribution in [2.45, 2.75) is 24.6 Å². The molecule has 0 aliphatic carbocycles. The first kappa shape index (κ1) is 12.1. The van der Waals surface area contributed by atoms with Crippen molar-refractivity contribution in [3.8, 4) is 0 Å². The number of nitrogens with one attached hydrogen (secondary N) is 1. The summed E-state index contributed by atoms with van der Waals surface area (Å²) in [5, 5.41) is 11.9. The number of halogens is 1. The molecule has 3 atom stereocenters. The van der Waals surface area contributed by atoms with Crippen molar-refractivity contribution in [3.05, 3.63) is 30.2 Å². The van der Waals surface area contributed by atoms with Crippen LogP contribution in [-0.2, 0) is 4.79 Å². The Morgan fingerprint density at radius 1 is 1.47 bits per heavy atom. The summed E-state index contributed by atoms with van der Waals surface area (Å²) in [6.07, 6.45) is -0.979. The molecule has 0 spiro atoms.